The number of carbonyl (C=O) groups is 2. The van der Waals surface area contributed by atoms with Crippen LogP contribution in [0.4, 0.5) is 11.4 Å². The average Bonchev–Trinajstić information content (AvgIpc) is 3.05. The predicted molar refractivity (Wildman–Crippen MR) is 131 cm³/mol. The predicted octanol–water partition coefficient (Wildman–Crippen LogP) is 5.31. The van der Waals surface area contributed by atoms with Crippen LogP contribution in [0, 0.1) is 13.8 Å². The Morgan fingerprint density at radius 3 is 2.30 bits per heavy atom. The van der Waals surface area contributed by atoms with Gasteiger partial charge in [0.2, 0.25) is 0 Å². The summed E-state index contributed by atoms with van der Waals surface area (Å²) in [5, 5.41) is 3.16. The molecule has 0 fully saturated rings. The minimum absolute atomic E-state index is 0.196. The number of thioether (sulfide) groups is 1. The van der Waals surface area contributed by atoms with Gasteiger partial charge in [0.25, 0.3) is 11.8 Å². The van der Waals surface area contributed by atoms with Gasteiger partial charge in [-0.15, -0.1) is 0 Å². The van der Waals surface area contributed by atoms with Crippen LogP contribution in [-0.4, -0.2) is 26.0 Å². The van der Waals surface area contributed by atoms with Crippen molar-refractivity contribution in [1.29, 1.82) is 0 Å². The minimum atomic E-state index is -0.419. The summed E-state index contributed by atoms with van der Waals surface area (Å²) in [6, 6.07) is 20.3. The number of amides is 2. The zero-order chi connectivity index (χ0) is 23.5. The molecule has 33 heavy (non-hydrogen) atoms. The lowest BCUT2D eigenvalue weighted by Gasteiger charge is -2.19. The van der Waals surface area contributed by atoms with Crippen molar-refractivity contribution in [3.63, 3.8) is 0 Å². The lowest BCUT2D eigenvalue weighted by atomic mass is 10.1. The summed E-state index contributed by atoms with van der Waals surface area (Å²) in [6.07, 6.45) is 0. The number of ether oxygens (including phenoxy) is 2. The summed E-state index contributed by atoms with van der Waals surface area (Å²) in [7, 11) is 3.11. The molecule has 0 bridgehead atoms. The van der Waals surface area contributed by atoms with E-state index in [1.165, 1.54) is 16.7 Å². The van der Waals surface area contributed by atoms with Crippen molar-refractivity contribution in [2.75, 3.05) is 24.4 Å². The van der Waals surface area contributed by atoms with Crippen molar-refractivity contribution in [2.24, 2.45) is 0 Å². The smallest absolute Gasteiger partial charge is 0.283 e. The van der Waals surface area contributed by atoms with Crippen LogP contribution < -0.4 is 19.7 Å². The van der Waals surface area contributed by atoms with E-state index in [9.17, 15) is 9.59 Å². The number of benzene rings is 3. The third kappa shape index (κ3) is 4.32. The minimum Gasteiger partial charge on any atom is -0.497 e. The van der Waals surface area contributed by atoms with E-state index >= 15 is 0 Å². The first-order valence-corrected chi connectivity index (χ1v) is 11.2. The monoisotopic (exact) mass is 460 g/mol. The Kier molecular flexibility index (Phi) is 6.42. The zero-order valence-corrected chi connectivity index (χ0v) is 19.7. The molecular weight excluding hydrogens is 436 g/mol. The Labute approximate surface area is 197 Å². The Hall–Kier alpha value is -3.71. The molecule has 0 saturated carbocycles. The normalized spacial score (nSPS) is 13.5. The average molecular weight is 461 g/mol. The van der Waals surface area contributed by atoms with E-state index in [-0.39, 0.29) is 11.6 Å². The lowest BCUT2D eigenvalue weighted by molar-refractivity contribution is -0.120. The summed E-state index contributed by atoms with van der Waals surface area (Å²) < 4.78 is 10.8. The number of nitrogens with one attached hydrogen (secondary N) is 1. The van der Waals surface area contributed by atoms with Gasteiger partial charge in [0.1, 0.15) is 22.1 Å². The highest BCUT2D eigenvalue weighted by Gasteiger charge is 2.41. The topological polar surface area (TPSA) is 67.9 Å². The molecule has 4 rings (SSSR count). The van der Waals surface area contributed by atoms with Crippen molar-refractivity contribution < 1.29 is 19.1 Å². The Morgan fingerprint density at radius 2 is 1.61 bits per heavy atom. The summed E-state index contributed by atoms with van der Waals surface area (Å²) in [4.78, 5) is 29.6. The molecule has 0 radical (unpaired) electrons. The second-order valence-corrected chi connectivity index (χ2v) is 8.56. The van der Waals surface area contributed by atoms with E-state index in [4.69, 9.17) is 9.47 Å². The van der Waals surface area contributed by atoms with Crippen molar-refractivity contribution in [1.82, 2.24) is 0 Å². The third-order valence-electron chi connectivity index (χ3n) is 5.49. The fourth-order valence-electron chi connectivity index (χ4n) is 3.56. The molecule has 1 heterocycles. The van der Waals surface area contributed by atoms with Crippen LogP contribution >= 0.6 is 11.8 Å². The largest absolute Gasteiger partial charge is 0.497 e. The van der Waals surface area contributed by atoms with Crippen molar-refractivity contribution in [3.8, 4) is 11.5 Å². The van der Waals surface area contributed by atoms with Gasteiger partial charge in [-0.25, -0.2) is 4.90 Å². The molecule has 1 aliphatic rings. The van der Waals surface area contributed by atoms with Gasteiger partial charge < -0.3 is 14.8 Å². The van der Waals surface area contributed by atoms with E-state index in [2.05, 4.69) is 5.32 Å². The van der Waals surface area contributed by atoms with Gasteiger partial charge in [0, 0.05) is 11.0 Å². The Balaban J connectivity index is 1.81. The summed E-state index contributed by atoms with van der Waals surface area (Å²) >= 11 is 1.26. The van der Waals surface area contributed by atoms with Gasteiger partial charge in [0.15, 0.2) is 0 Å². The SMILES string of the molecule is COc1ccc(OC)c(NC2=C(Sc3ccccc3)C(=O)N(c3cccc(C)c3C)C2=O)c1. The third-order valence-corrected chi connectivity index (χ3v) is 6.58. The fraction of sp³-hybridized carbons (Fsp3) is 0.154. The van der Waals surface area contributed by atoms with Crippen LogP contribution in [0.1, 0.15) is 11.1 Å². The number of anilines is 2. The molecule has 0 atom stereocenters. The number of nitrogens with zero attached hydrogens (tertiary/aromatic N) is 1. The van der Waals surface area contributed by atoms with Crippen molar-refractivity contribution in [2.45, 2.75) is 18.7 Å². The summed E-state index contributed by atoms with van der Waals surface area (Å²) in [5.74, 6) is 0.334. The van der Waals surface area contributed by atoms with Crippen LogP contribution in [0.2, 0.25) is 0 Å². The number of rotatable bonds is 7. The molecule has 1 aliphatic heterocycles. The molecule has 0 spiro atoms. The van der Waals surface area contributed by atoms with E-state index in [0.29, 0.717) is 27.8 Å². The molecule has 0 unspecified atom stereocenters. The molecule has 3 aromatic rings. The quantitative estimate of drug-likeness (QED) is 0.482. The number of imide groups is 1. The molecule has 6 nitrogen and oxygen atoms in total. The standard InChI is InChI=1S/C26H24N2O4S/c1-16-9-8-12-21(17(16)2)28-25(29)23(24(26(28)30)33-19-10-6-5-7-11-19)27-20-15-18(31-3)13-14-22(20)32-4/h5-15,27H,1-4H3. The first-order chi connectivity index (χ1) is 15.9. The molecule has 0 aliphatic carbocycles. The maximum Gasteiger partial charge on any atom is 0.283 e. The Bertz CT molecular complexity index is 1250. The molecule has 7 heteroatoms. The van der Waals surface area contributed by atoms with Gasteiger partial charge in [-0.05, 0) is 55.3 Å². The van der Waals surface area contributed by atoms with Gasteiger partial charge in [-0.2, -0.15) is 0 Å². The molecule has 0 aromatic heterocycles. The van der Waals surface area contributed by atoms with Crippen LogP contribution in [-0.2, 0) is 9.59 Å². The highest BCUT2D eigenvalue weighted by molar-refractivity contribution is 8.04. The molecule has 3 aromatic carbocycles. The second-order valence-electron chi connectivity index (χ2n) is 7.48. The Morgan fingerprint density at radius 1 is 0.848 bits per heavy atom. The number of aryl methyl sites for hydroxylation is 1. The van der Waals surface area contributed by atoms with E-state index in [0.717, 1.165) is 16.0 Å². The van der Waals surface area contributed by atoms with Crippen molar-refractivity contribution >= 4 is 35.0 Å². The maximum absolute atomic E-state index is 13.6. The highest BCUT2D eigenvalue weighted by atomic mass is 32.2. The second kappa shape index (κ2) is 9.42. The number of hydrogen-bond acceptors (Lipinski definition) is 6. The van der Waals surface area contributed by atoms with Gasteiger partial charge in [-0.1, -0.05) is 42.1 Å². The van der Waals surface area contributed by atoms with Crippen LogP contribution in [0.15, 0.2) is 82.2 Å². The first kappa shape index (κ1) is 22.5. The zero-order valence-electron chi connectivity index (χ0n) is 18.8. The first-order valence-electron chi connectivity index (χ1n) is 10.4. The van der Waals surface area contributed by atoms with Crippen molar-refractivity contribution in [3.05, 3.63) is 88.5 Å². The lowest BCUT2D eigenvalue weighted by Crippen LogP contribution is -2.33. The number of carbonyl (C=O) groups excluding carboxylic acids is 2. The summed E-state index contributed by atoms with van der Waals surface area (Å²) in [6.45, 7) is 3.86. The molecule has 2 amide bonds. The van der Waals surface area contributed by atoms with Gasteiger partial charge in [0.05, 0.1) is 25.6 Å². The molecule has 0 saturated heterocycles. The van der Waals surface area contributed by atoms with E-state index in [1.807, 2.05) is 56.3 Å². The van der Waals surface area contributed by atoms with E-state index in [1.54, 1.807) is 38.5 Å². The van der Waals surface area contributed by atoms with E-state index < -0.39 is 5.91 Å². The van der Waals surface area contributed by atoms with Crippen LogP contribution in [0.5, 0.6) is 11.5 Å². The van der Waals surface area contributed by atoms with Gasteiger partial charge >= 0.3 is 0 Å². The fourth-order valence-corrected chi connectivity index (χ4v) is 4.51. The van der Waals surface area contributed by atoms with Crippen LogP contribution in [0.25, 0.3) is 0 Å². The molecule has 1 N–H and O–H groups in total. The highest BCUT2D eigenvalue weighted by Crippen LogP contribution is 2.40. The molecule has 168 valence electrons. The van der Waals surface area contributed by atoms with Crippen LogP contribution in [0.3, 0.4) is 0 Å². The number of methoxy groups -OCH3 is 2. The van der Waals surface area contributed by atoms with Gasteiger partial charge in [-0.3, -0.25) is 9.59 Å². The summed E-state index contributed by atoms with van der Waals surface area (Å²) in [5.41, 5.74) is 3.18. The maximum atomic E-state index is 13.6. The number of hydrogen-bond donors (Lipinski definition) is 1. The molecular formula is C26H24N2O4S.